The Morgan fingerprint density at radius 2 is 1.79 bits per heavy atom. The smallest absolute Gasteiger partial charge is 0.289 e. The zero-order valence-corrected chi connectivity index (χ0v) is 17.2. The maximum absolute atomic E-state index is 12.7. The van der Waals surface area contributed by atoms with Crippen LogP contribution in [0.5, 0.6) is 0 Å². The number of likely N-dealkylation sites (tertiary alicyclic amines) is 1. The third-order valence-corrected chi connectivity index (χ3v) is 7.15. The molecule has 0 unspecified atom stereocenters. The van der Waals surface area contributed by atoms with Crippen LogP contribution in [0.2, 0.25) is 5.02 Å². The molecule has 1 aromatic heterocycles. The molecular weight excluding hydrogens is 412 g/mol. The Hall–Kier alpha value is -2.35. The average molecular weight is 433 g/mol. The minimum Gasteiger partial charge on any atom is -0.451 e. The van der Waals surface area contributed by atoms with Crippen molar-refractivity contribution in [1.29, 1.82) is 0 Å². The van der Waals surface area contributed by atoms with Crippen molar-refractivity contribution in [1.82, 2.24) is 9.62 Å². The second-order valence-electron chi connectivity index (χ2n) is 7.17. The normalized spacial score (nSPS) is 15.7. The van der Waals surface area contributed by atoms with Crippen molar-refractivity contribution in [3.63, 3.8) is 0 Å². The number of benzene rings is 2. The van der Waals surface area contributed by atoms with E-state index in [4.69, 9.17) is 16.0 Å². The fraction of sp³-hybridized carbons (Fsp3) is 0.286. The number of nitrogens with one attached hydrogen (secondary N) is 1. The van der Waals surface area contributed by atoms with Gasteiger partial charge in [0.05, 0.1) is 5.02 Å². The Balaban J connectivity index is 1.33. The molecule has 29 heavy (non-hydrogen) atoms. The van der Waals surface area contributed by atoms with Crippen molar-refractivity contribution in [3.8, 4) is 0 Å². The fourth-order valence-corrected chi connectivity index (χ4v) is 5.18. The molecule has 1 fully saturated rings. The number of hydrogen-bond donors (Lipinski definition) is 1. The Morgan fingerprint density at radius 3 is 2.52 bits per heavy atom. The van der Waals surface area contributed by atoms with Gasteiger partial charge in [0.15, 0.2) is 5.76 Å². The van der Waals surface area contributed by atoms with E-state index in [0.717, 1.165) is 18.2 Å². The summed E-state index contributed by atoms with van der Waals surface area (Å²) in [7, 11) is -3.66. The molecule has 8 heteroatoms. The van der Waals surface area contributed by atoms with Crippen LogP contribution in [0.1, 0.15) is 23.4 Å². The van der Waals surface area contributed by atoms with E-state index < -0.39 is 10.0 Å². The summed E-state index contributed by atoms with van der Waals surface area (Å²) >= 11 is 6.00. The third-order valence-electron chi connectivity index (χ3n) is 5.23. The van der Waals surface area contributed by atoms with Crippen LogP contribution in [-0.4, -0.2) is 38.9 Å². The number of carbonyl (C=O) groups excluding carboxylic acids is 1. The monoisotopic (exact) mass is 432 g/mol. The third kappa shape index (κ3) is 4.32. The van der Waals surface area contributed by atoms with Gasteiger partial charge in [0.2, 0.25) is 10.0 Å². The Labute approximate surface area is 174 Å². The van der Waals surface area contributed by atoms with Crippen molar-refractivity contribution in [2.75, 3.05) is 19.6 Å². The number of nitrogens with zero attached hydrogens (tertiary/aromatic N) is 1. The molecule has 2 aromatic carbocycles. The van der Waals surface area contributed by atoms with Gasteiger partial charge < -0.3 is 9.32 Å². The number of piperidine rings is 1. The molecule has 2 heterocycles. The molecule has 1 amide bonds. The van der Waals surface area contributed by atoms with Gasteiger partial charge >= 0.3 is 0 Å². The van der Waals surface area contributed by atoms with E-state index in [2.05, 4.69) is 4.72 Å². The standard InChI is InChI=1S/C21H21ClN2O4S/c22-17-6-2-4-8-20(17)29(26,27)23-14-15-9-11-24(12-10-15)21(25)19-13-16-5-1-3-7-18(16)28-19/h1-8,13,15,23H,9-12,14H2. The Bertz CT molecular complexity index is 1100. The first-order chi connectivity index (χ1) is 13.9. The van der Waals surface area contributed by atoms with Crippen molar-refractivity contribution in [2.24, 2.45) is 5.92 Å². The summed E-state index contributed by atoms with van der Waals surface area (Å²) in [6, 6.07) is 15.7. The van der Waals surface area contributed by atoms with Crippen molar-refractivity contribution in [3.05, 3.63) is 65.4 Å². The van der Waals surface area contributed by atoms with E-state index in [-0.39, 0.29) is 21.7 Å². The van der Waals surface area contributed by atoms with Crippen LogP contribution in [0.15, 0.2) is 63.9 Å². The molecule has 152 valence electrons. The highest BCUT2D eigenvalue weighted by molar-refractivity contribution is 7.89. The SMILES string of the molecule is O=C(c1cc2ccccc2o1)N1CCC(CNS(=O)(=O)c2ccccc2Cl)CC1. The summed E-state index contributed by atoms with van der Waals surface area (Å²) in [5.74, 6) is 0.368. The first-order valence-electron chi connectivity index (χ1n) is 9.46. The predicted octanol–water partition coefficient (Wildman–Crippen LogP) is 3.92. The van der Waals surface area contributed by atoms with Gasteiger partial charge in [-0.1, -0.05) is 41.9 Å². The van der Waals surface area contributed by atoms with Crippen LogP contribution < -0.4 is 4.72 Å². The molecule has 0 radical (unpaired) electrons. The van der Waals surface area contributed by atoms with Crippen LogP contribution in [-0.2, 0) is 10.0 Å². The summed E-state index contributed by atoms with van der Waals surface area (Å²) in [5, 5.41) is 1.10. The molecule has 0 atom stereocenters. The molecular formula is C21H21ClN2O4S. The molecule has 0 aliphatic carbocycles. The maximum Gasteiger partial charge on any atom is 0.289 e. The van der Waals surface area contributed by atoms with Gasteiger partial charge in [0, 0.05) is 25.0 Å². The summed E-state index contributed by atoms with van der Waals surface area (Å²) < 4.78 is 33.2. The first kappa shape index (κ1) is 19.9. The highest BCUT2D eigenvalue weighted by atomic mass is 35.5. The minimum absolute atomic E-state index is 0.0826. The second-order valence-corrected chi connectivity index (χ2v) is 9.31. The van der Waals surface area contributed by atoms with Gasteiger partial charge in [-0.2, -0.15) is 0 Å². The molecule has 6 nitrogen and oxygen atoms in total. The fourth-order valence-electron chi connectivity index (χ4n) is 3.55. The number of carbonyl (C=O) groups is 1. The summed E-state index contributed by atoms with van der Waals surface area (Å²) in [4.78, 5) is 14.6. The summed E-state index contributed by atoms with van der Waals surface area (Å²) in [5.41, 5.74) is 0.694. The first-order valence-corrected chi connectivity index (χ1v) is 11.3. The zero-order valence-electron chi connectivity index (χ0n) is 15.7. The molecule has 3 aromatic rings. The van der Waals surface area contributed by atoms with Crippen LogP contribution in [0.25, 0.3) is 11.0 Å². The highest BCUT2D eigenvalue weighted by Crippen LogP contribution is 2.24. The largest absolute Gasteiger partial charge is 0.451 e. The van der Waals surface area contributed by atoms with Gasteiger partial charge in [0.25, 0.3) is 5.91 Å². The number of fused-ring (bicyclic) bond motifs is 1. The average Bonchev–Trinajstić information content (AvgIpc) is 3.17. The molecule has 1 aliphatic rings. The molecule has 0 saturated carbocycles. The van der Waals surface area contributed by atoms with Gasteiger partial charge in [-0.15, -0.1) is 0 Å². The topological polar surface area (TPSA) is 79.6 Å². The van der Waals surface area contributed by atoms with E-state index in [1.165, 1.54) is 6.07 Å². The summed E-state index contributed by atoms with van der Waals surface area (Å²) in [6.07, 6.45) is 1.44. The number of hydrogen-bond acceptors (Lipinski definition) is 4. The van der Waals surface area contributed by atoms with Gasteiger partial charge in [0.1, 0.15) is 10.5 Å². The van der Waals surface area contributed by atoms with Crippen LogP contribution in [0.4, 0.5) is 0 Å². The number of halogens is 1. The number of sulfonamides is 1. The molecule has 0 bridgehead atoms. The lowest BCUT2D eigenvalue weighted by Gasteiger charge is -2.31. The molecule has 1 N–H and O–H groups in total. The second kappa shape index (κ2) is 8.18. The van der Waals surface area contributed by atoms with E-state index in [9.17, 15) is 13.2 Å². The molecule has 1 aliphatic heterocycles. The maximum atomic E-state index is 12.7. The van der Waals surface area contributed by atoms with Crippen LogP contribution in [0, 0.1) is 5.92 Å². The highest BCUT2D eigenvalue weighted by Gasteiger charge is 2.27. The van der Waals surface area contributed by atoms with Crippen molar-refractivity contribution >= 4 is 38.5 Å². The van der Waals surface area contributed by atoms with Crippen LogP contribution in [0.3, 0.4) is 0 Å². The number of furan rings is 1. The Morgan fingerprint density at radius 1 is 1.10 bits per heavy atom. The zero-order chi connectivity index (χ0) is 20.4. The summed E-state index contributed by atoms with van der Waals surface area (Å²) in [6.45, 7) is 1.45. The van der Waals surface area contributed by atoms with Crippen molar-refractivity contribution < 1.29 is 17.6 Å². The molecule has 1 saturated heterocycles. The number of rotatable bonds is 5. The molecule has 0 spiro atoms. The van der Waals surface area contributed by atoms with E-state index in [1.54, 1.807) is 29.2 Å². The minimum atomic E-state index is -3.66. The van der Waals surface area contributed by atoms with E-state index in [0.29, 0.717) is 31.0 Å². The van der Waals surface area contributed by atoms with E-state index >= 15 is 0 Å². The number of para-hydroxylation sites is 1. The Kier molecular flexibility index (Phi) is 5.63. The lowest BCUT2D eigenvalue weighted by Crippen LogP contribution is -2.41. The van der Waals surface area contributed by atoms with Gasteiger partial charge in [-0.05, 0) is 43.0 Å². The lowest BCUT2D eigenvalue weighted by atomic mass is 9.97. The van der Waals surface area contributed by atoms with Crippen LogP contribution >= 0.6 is 11.6 Å². The van der Waals surface area contributed by atoms with Gasteiger partial charge in [-0.3, -0.25) is 4.79 Å². The van der Waals surface area contributed by atoms with Crippen molar-refractivity contribution in [2.45, 2.75) is 17.7 Å². The lowest BCUT2D eigenvalue weighted by molar-refractivity contribution is 0.0662. The molecule has 4 rings (SSSR count). The van der Waals surface area contributed by atoms with Gasteiger partial charge in [-0.25, -0.2) is 13.1 Å². The quantitative estimate of drug-likeness (QED) is 0.662. The number of amides is 1. The predicted molar refractivity (Wildman–Crippen MR) is 111 cm³/mol. The van der Waals surface area contributed by atoms with E-state index in [1.807, 2.05) is 24.3 Å².